The number of aromatic nitrogens is 2. The maximum Gasteiger partial charge on any atom is 0.354 e. The Morgan fingerprint density at radius 3 is 2.09 bits per heavy atom. The van der Waals surface area contributed by atoms with Crippen LogP contribution in [-0.2, 0) is 16.6 Å². The second-order valence-corrected chi connectivity index (χ2v) is 9.09. The molecule has 0 atom stereocenters. The molecule has 1 aromatic heterocycles. The van der Waals surface area contributed by atoms with Gasteiger partial charge in [-0.15, -0.1) is 0 Å². The summed E-state index contributed by atoms with van der Waals surface area (Å²) >= 11 is 6.03. The van der Waals surface area contributed by atoms with Crippen molar-refractivity contribution in [3.63, 3.8) is 0 Å². The van der Waals surface area contributed by atoms with Gasteiger partial charge in [-0.2, -0.15) is 5.10 Å². The van der Waals surface area contributed by atoms with Crippen LogP contribution in [0.3, 0.4) is 0 Å². The molecule has 0 aliphatic heterocycles. The smallest absolute Gasteiger partial charge is 0.354 e. The molecule has 0 fully saturated rings. The van der Waals surface area contributed by atoms with E-state index in [0.29, 0.717) is 27.4 Å². The number of halogens is 1. The van der Waals surface area contributed by atoms with E-state index in [2.05, 4.69) is 5.10 Å². The first-order valence-electron chi connectivity index (χ1n) is 9.51. The van der Waals surface area contributed by atoms with Crippen LogP contribution in [0.5, 0.6) is 0 Å². The molecular weight excluding hydrogens is 450 g/mol. The van der Waals surface area contributed by atoms with Crippen LogP contribution < -0.4 is 5.14 Å². The third-order valence-electron chi connectivity index (χ3n) is 4.92. The number of carboxylic acids is 1. The van der Waals surface area contributed by atoms with E-state index in [-0.39, 0.29) is 17.1 Å². The van der Waals surface area contributed by atoms with E-state index in [4.69, 9.17) is 16.7 Å². The van der Waals surface area contributed by atoms with E-state index in [9.17, 15) is 18.3 Å². The molecule has 7 nitrogen and oxygen atoms in total. The standard InChI is InChI=1S/C23H18ClN3O4S/c24-18-10-6-16(7-11-18)20-21(17-8-12-19(13-9-17)32(25,30)31)26-27(22(20)23(28)29)14-15-4-2-1-3-5-15/h1-13H,14H2,(H,28,29)(H2,25,30,31). The summed E-state index contributed by atoms with van der Waals surface area (Å²) in [5.41, 5.74) is 2.89. The van der Waals surface area contributed by atoms with Gasteiger partial charge in [-0.3, -0.25) is 4.68 Å². The van der Waals surface area contributed by atoms with Gasteiger partial charge in [-0.25, -0.2) is 18.4 Å². The molecule has 4 aromatic rings. The summed E-state index contributed by atoms with van der Waals surface area (Å²) in [4.78, 5) is 12.3. The van der Waals surface area contributed by atoms with Gasteiger partial charge in [0.1, 0.15) is 5.69 Å². The summed E-state index contributed by atoms with van der Waals surface area (Å²) in [5, 5.41) is 20.4. The van der Waals surface area contributed by atoms with Crippen LogP contribution in [-0.4, -0.2) is 29.3 Å². The predicted octanol–water partition coefficient (Wildman–Crippen LogP) is 4.26. The van der Waals surface area contributed by atoms with Gasteiger partial charge < -0.3 is 5.11 Å². The first kappa shape index (κ1) is 21.8. The molecule has 1 heterocycles. The molecule has 32 heavy (non-hydrogen) atoms. The molecule has 0 unspecified atom stereocenters. The van der Waals surface area contributed by atoms with Gasteiger partial charge in [-0.05, 0) is 35.4 Å². The highest BCUT2D eigenvalue weighted by atomic mass is 35.5. The molecule has 0 bridgehead atoms. The lowest BCUT2D eigenvalue weighted by atomic mass is 9.99. The van der Waals surface area contributed by atoms with Gasteiger partial charge in [0.25, 0.3) is 0 Å². The zero-order valence-electron chi connectivity index (χ0n) is 16.6. The van der Waals surface area contributed by atoms with Gasteiger partial charge in [0, 0.05) is 16.1 Å². The van der Waals surface area contributed by atoms with Crippen LogP contribution in [0.15, 0.2) is 83.8 Å². The molecule has 0 radical (unpaired) electrons. The minimum Gasteiger partial charge on any atom is -0.477 e. The number of primary sulfonamides is 1. The zero-order chi connectivity index (χ0) is 22.9. The van der Waals surface area contributed by atoms with Crippen molar-refractivity contribution in [2.75, 3.05) is 0 Å². The largest absolute Gasteiger partial charge is 0.477 e. The van der Waals surface area contributed by atoms with Crippen molar-refractivity contribution in [3.8, 4) is 22.4 Å². The van der Waals surface area contributed by atoms with Gasteiger partial charge in [0.05, 0.1) is 11.4 Å². The Bertz CT molecular complexity index is 1380. The first-order valence-corrected chi connectivity index (χ1v) is 11.4. The molecule has 4 rings (SSSR count). The number of benzene rings is 3. The lowest BCUT2D eigenvalue weighted by molar-refractivity contribution is 0.0685. The maximum atomic E-state index is 12.3. The summed E-state index contributed by atoms with van der Waals surface area (Å²) < 4.78 is 24.7. The number of carboxylic acid groups (broad SMARTS) is 1. The minimum atomic E-state index is -3.86. The van der Waals surface area contributed by atoms with Crippen molar-refractivity contribution in [1.82, 2.24) is 9.78 Å². The number of hydrogen-bond acceptors (Lipinski definition) is 4. The number of aromatic carboxylic acids is 1. The summed E-state index contributed by atoms with van der Waals surface area (Å²) in [7, 11) is -3.86. The highest BCUT2D eigenvalue weighted by molar-refractivity contribution is 7.89. The van der Waals surface area contributed by atoms with Crippen LogP contribution in [0.2, 0.25) is 5.02 Å². The van der Waals surface area contributed by atoms with Crippen LogP contribution >= 0.6 is 11.6 Å². The van der Waals surface area contributed by atoms with Crippen molar-refractivity contribution in [3.05, 3.63) is 95.1 Å². The Kier molecular flexibility index (Phi) is 5.84. The second-order valence-electron chi connectivity index (χ2n) is 7.10. The minimum absolute atomic E-state index is 0.0155. The average Bonchev–Trinajstić information content (AvgIpc) is 3.14. The highest BCUT2D eigenvalue weighted by Gasteiger charge is 2.25. The van der Waals surface area contributed by atoms with E-state index in [1.165, 1.54) is 16.8 Å². The molecule has 0 amide bonds. The SMILES string of the molecule is NS(=O)(=O)c1ccc(-c2nn(Cc3ccccc3)c(C(=O)O)c2-c2ccc(Cl)cc2)cc1. The second kappa shape index (κ2) is 8.58. The van der Waals surface area contributed by atoms with E-state index in [0.717, 1.165) is 5.56 Å². The third kappa shape index (κ3) is 4.43. The Hall–Kier alpha value is -3.46. The number of nitrogens with zero attached hydrogens (tertiary/aromatic N) is 2. The average molecular weight is 468 g/mol. The normalized spacial score (nSPS) is 11.4. The van der Waals surface area contributed by atoms with Crippen LogP contribution in [0.4, 0.5) is 0 Å². The highest BCUT2D eigenvalue weighted by Crippen LogP contribution is 2.36. The predicted molar refractivity (Wildman–Crippen MR) is 122 cm³/mol. The lowest BCUT2D eigenvalue weighted by Crippen LogP contribution is -2.11. The van der Waals surface area contributed by atoms with Crippen molar-refractivity contribution in [2.24, 2.45) is 5.14 Å². The molecule has 0 saturated carbocycles. The summed E-state index contributed by atoms with van der Waals surface area (Å²) in [6.07, 6.45) is 0. The molecule has 9 heteroatoms. The lowest BCUT2D eigenvalue weighted by Gasteiger charge is -2.07. The number of rotatable bonds is 6. The van der Waals surface area contributed by atoms with Crippen LogP contribution in [0.25, 0.3) is 22.4 Å². The maximum absolute atomic E-state index is 12.3. The van der Waals surface area contributed by atoms with E-state index < -0.39 is 16.0 Å². The topological polar surface area (TPSA) is 115 Å². The molecule has 0 aliphatic rings. The number of nitrogens with two attached hydrogens (primary N) is 1. The van der Waals surface area contributed by atoms with Crippen molar-refractivity contribution >= 4 is 27.6 Å². The summed E-state index contributed by atoms with van der Waals surface area (Å²) in [6, 6.07) is 22.0. The van der Waals surface area contributed by atoms with Crippen molar-refractivity contribution in [2.45, 2.75) is 11.4 Å². The molecule has 0 aliphatic carbocycles. The summed E-state index contributed by atoms with van der Waals surface area (Å²) in [6.45, 7) is 0.248. The first-order chi connectivity index (χ1) is 15.2. The fraction of sp³-hybridized carbons (Fsp3) is 0.0435. The molecule has 162 valence electrons. The fourth-order valence-electron chi connectivity index (χ4n) is 3.44. The van der Waals surface area contributed by atoms with Gasteiger partial charge in [-0.1, -0.05) is 66.2 Å². The Morgan fingerprint density at radius 1 is 0.938 bits per heavy atom. The van der Waals surface area contributed by atoms with Crippen LogP contribution in [0.1, 0.15) is 16.1 Å². The van der Waals surface area contributed by atoms with E-state index in [1.54, 1.807) is 36.4 Å². The van der Waals surface area contributed by atoms with Crippen molar-refractivity contribution in [1.29, 1.82) is 0 Å². The van der Waals surface area contributed by atoms with Gasteiger partial charge >= 0.3 is 5.97 Å². The number of carbonyl (C=O) groups is 1. The fourth-order valence-corrected chi connectivity index (χ4v) is 4.09. The Morgan fingerprint density at radius 2 is 1.53 bits per heavy atom. The molecule has 0 saturated heterocycles. The summed E-state index contributed by atoms with van der Waals surface area (Å²) in [5.74, 6) is -1.13. The van der Waals surface area contributed by atoms with Crippen molar-refractivity contribution < 1.29 is 18.3 Å². The molecule has 3 aromatic carbocycles. The van der Waals surface area contributed by atoms with E-state index in [1.807, 2.05) is 30.3 Å². The monoisotopic (exact) mass is 467 g/mol. The van der Waals surface area contributed by atoms with Crippen LogP contribution in [0, 0.1) is 0 Å². The Labute approximate surface area is 189 Å². The van der Waals surface area contributed by atoms with E-state index >= 15 is 0 Å². The Balaban J connectivity index is 1.94. The molecular formula is C23H18ClN3O4S. The third-order valence-corrected chi connectivity index (χ3v) is 6.10. The quantitative estimate of drug-likeness (QED) is 0.439. The van der Waals surface area contributed by atoms with Gasteiger partial charge in [0.2, 0.25) is 10.0 Å². The molecule has 3 N–H and O–H groups in total. The number of hydrogen-bond donors (Lipinski definition) is 2. The van der Waals surface area contributed by atoms with Gasteiger partial charge in [0.15, 0.2) is 5.69 Å². The molecule has 0 spiro atoms. The zero-order valence-corrected chi connectivity index (χ0v) is 18.2. The number of sulfonamides is 1.